The van der Waals surface area contributed by atoms with Gasteiger partial charge in [-0.15, -0.1) is 0 Å². The van der Waals surface area contributed by atoms with Gasteiger partial charge in [-0.05, 0) is 30.3 Å². The van der Waals surface area contributed by atoms with Crippen LogP contribution < -0.4 is 5.32 Å². The van der Waals surface area contributed by atoms with Gasteiger partial charge in [-0.25, -0.2) is 8.78 Å². The van der Waals surface area contributed by atoms with Crippen LogP contribution in [0.3, 0.4) is 0 Å². The van der Waals surface area contributed by atoms with E-state index in [9.17, 15) is 8.78 Å². The first-order chi connectivity index (χ1) is 9.63. The van der Waals surface area contributed by atoms with E-state index in [-0.39, 0.29) is 12.1 Å². The van der Waals surface area contributed by atoms with Gasteiger partial charge in [0.15, 0.2) is 0 Å². The number of hydrogen-bond acceptors (Lipinski definition) is 2. The van der Waals surface area contributed by atoms with Crippen molar-refractivity contribution in [2.45, 2.75) is 6.54 Å². The van der Waals surface area contributed by atoms with Gasteiger partial charge in [0.05, 0.1) is 5.52 Å². The maximum Gasteiger partial charge on any atom is 0.131 e. The van der Waals surface area contributed by atoms with Crippen LogP contribution in [0.25, 0.3) is 10.9 Å². The molecule has 102 valence electrons. The normalized spacial score (nSPS) is 10.9. The van der Waals surface area contributed by atoms with Gasteiger partial charge >= 0.3 is 0 Å². The minimum Gasteiger partial charge on any atom is -0.381 e. The maximum atomic E-state index is 13.5. The molecule has 0 saturated heterocycles. The number of benzene rings is 2. The molecule has 2 aromatic carbocycles. The van der Waals surface area contributed by atoms with Crippen LogP contribution in [0.2, 0.25) is 0 Å². The molecule has 3 aromatic rings. The Morgan fingerprint density at radius 3 is 2.65 bits per heavy atom. The maximum absolute atomic E-state index is 13.5. The largest absolute Gasteiger partial charge is 0.381 e. The zero-order valence-electron chi connectivity index (χ0n) is 10.9. The summed E-state index contributed by atoms with van der Waals surface area (Å²) in [5.74, 6) is -1.08. The van der Waals surface area contributed by atoms with Crippen molar-refractivity contribution in [2.24, 2.45) is 7.05 Å². The second-order valence-corrected chi connectivity index (χ2v) is 4.63. The fourth-order valence-electron chi connectivity index (χ4n) is 2.15. The highest BCUT2D eigenvalue weighted by Crippen LogP contribution is 2.19. The zero-order chi connectivity index (χ0) is 14.1. The zero-order valence-corrected chi connectivity index (χ0v) is 10.9. The smallest absolute Gasteiger partial charge is 0.131 e. The lowest BCUT2D eigenvalue weighted by atomic mass is 10.2. The van der Waals surface area contributed by atoms with E-state index in [0.29, 0.717) is 0 Å². The molecule has 5 heteroatoms. The second kappa shape index (κ2) is 4.92. The molecule has 1 aromatic heterocycles. The summed E-state index contributed by atoms with van der Waals surface area (Å²) in [5, 5.41) is 8.27. The van der Waals surface area contributed by atoms with E-state index < -0.39 is 11.6 Å². The van der Waals surface area contributed by atoms with Crippen LogP contribution in [0.1, 0.15) is 5.56 Å². The molecule has 0 spiro atoms. The molecule has 0 fully saturated rings. The highest BCUT2D eigenvalue weighted by atomic mass is 19.1. The summed E-state index contributed by atoms with van der Waals surface area (Å²) in [7, 11) is 1.85. The summed E-state index contributed by atoms with van der Waals surface area (Å²) in [4.78, 5) is 0. The number of nitrogens with zero attached hydrogens (tertiary/aromatic N) is 2. The third kappa shape index (κ3) is 2.34. The van der Waals surface area contributed by atoms with Crippen LogP contribution in [0, 0.1) is 11.6 Å². The second-order valence-electron chi connectivity index (χ2n) is 4.63. The topological polar surface area (TPSA) is 29.9 Å². The Bertz CT molecular complexity index is 745. The third-order valence-electron chi connectivity index (χ3n) is 3.15. The van der Waals surface area contributed by atoms with E-state index in [4.69, 9.17) is 0 Å². The van der Waals surface area contributed by atoms with Crippen molar-refractivity contribution < 1.29 is 8.78 Å². The highest BCUT2D eigenvalue weighted by molar-refractivity contribution is 5.81. The van der Waals surface area contributed by atoms with Crippen molar-refractivity contribution in [3.05, 3.63) is 59.8 Å². The van der Waals surface area contributed by atoms with Crippen LogP contribution in [0.15, 0.2) is 42.6 Å². The highest BCUT2D eigenvalue weighted by Gasteiger charge is 2.08. The van der Waals surface area contributed by atoms with E-state index in [1.54, 1.807) is 4.68 Å². The Balaban J connectivity index is 1.83. The molecule has 1 heterocycles. The lowest BCUT2D eigenvalue weighted by Gasteiger charge is -2.08. The number of hydrogen-bond donors (Lipinski definition) is 1. The van der Waals surface area contributed by atoms with Crippen LogP contribution in [-0.2, 0) is 13.6 Å². The SMILES string of the molecule is Cn1cc2cc(NCc3c(F)cccc3F)ccc2n1. The van der Waals surface area contributed by atoms with Crippen LogP contribution in [0.4, 0.5) is 14.5 Å². The Labute approximate surface area is 114 Å². The minimum absolute atomic E-state index is 0.0405. The van der Waals surface area contributed by atoms with Gasteiger partial charge < -0.3 is 5.32 Å². The number of aromatic nitrogens is 2. The molecule has 0 aliphatic rings. The summed E-state index contributed by atoms with van der Waals surface area (Å²) in [6, 6.07) is 9.48. The van der Waals surface area contributed by atoms with Crippen molar-refractivity contribution in [2.75, 3.05) is 5.32 Å². The van der Waals surface area contributed by atoms with Gasteiger partial charge in [-0.2, -0.15) is 5.10 Å². The Morgan fingerprint density at radius 2 is 1.90 bits per heavy atom. The molecule has 20 heavy (non-hydrogen) atoms. The van der Waals surface area contributed by atoms with Crippen molar-refractivity contribution >= 4 is 16.6 Å². The van der Waals surface area contributed by atoms with Crippen LogP contribution in [0.5, 0.6) is 0 Å². The molecule has 3 rings (SSSR count). The predicted octanol–water partition coefficient (Wildman–Crippen LogP) is 3.46. The van der Waals surface area contributed by atoms with Gasteiger partial charge in [0.25, 0.3) is 0 Å². The van der Waals surface area contributed by atoms with E-state index in [0.717, 1.165) is 16.6 Å². The van der Waals surface area contributed by atoms with Gasteiger partial charge in [0.2, 0.25) is 0 Å². The molecule has 0 amide bonds. The van der Waals surface area contributed by atoms with Crippen molar-refractivity contribution in [3.8, 4) is 0 Å². The van der Waals surface area contributed by atoms with Crippen LogP contribution in [-0.4, -0.2) is 9.78 Å². The molecule has 0 atom stereocenters. The van der Waals surface area contributed by atoms with E-state index >= 15 is 0 Å². The number of rotatable bonds is 3. The summed E-state index contributed by atoms with van der Waals surface area (Å²) >= 11 is 0. The molecular formula is C15H13F2N3. The number of nitrogens with one attached hydrogen (secondary N) is 1. The molecule has 1 N–H and O–H groups in total. The number of aryl methyl sites for hydroxylation is 1. The van der Waals surface area contributed by atoms with Crippen molar-refractivity contribution in [3.63, 3.8) is 0 Å². The first-order valence-corrected chi connectivity index (χ1v) is 6.23. The van der Waals surface area contributed by atoms with Gasteiger partial charge in [0, 0.05) is 36.4 Å². The lowest BCUT2D eigenvalue weighted by Crippen LogP contribution is -2.04. The summed E-state index contributed by atoms with van der Waals surface area (Å²) < 4.78 is 28.8. The number of fused-ring (bicyclic) bond motifs is 1. The Morgan fingerprint density at radius 1 is 1.15 bits per heavy atom. The van der Waals surface area contributed by atoms with Gasteiger partial charge in [-0.3, -0.25) is 4.68 Å². The fourth-order valence-corrected chi connectivity index (χ4v) is 2.15. The van der Waals surface area contributed by atoms with E-state index in [2.05, 4.69) is 10.4 Å². The summed E-state index contributed by atoms with van der Waals surface area (Å²) in [5.41, 5.74) is 1.72. The van der Waals surface area contributed by atoms with Crippen molar-refractivity contribution in [1.82, 2.24) is 9.78 Å². The molecule has 0 saturated carbocycles. The van der Waals surface area contributed by atoms with Crippen LogP contribution >= 0.6 is 0 Å². The number of halogens is 2. The average Bonchev–Trinajstić information content (AvgIpc) is 2.77. The number of anilines is 1. The quantitative estimate of drug-likeness (QED) is 0.792. The molecule has 0 unspecified atom stereocenters. The first kappa shape index (κ1) is 12.6. The molecule has 0 radical (unpaired) electrons. The monoisotopic (exact) mass is 273 g/mol. The van der Waals surface area contributed by atoms with Gasteiger partial charge in [0.1, 0.15) is 11.6 Å². The summed E-state index contributed by atoms with van der Waals surface area (Å²) in [6.45, 7) is 0.101. The first-order valence-electron chi connectivity index (χ1n) is 6.23. The average molecular weight is 273 g/mol. The standard InChI is InChI=1S/C15H13F2N3/c1-20-9-10-7-11(5-6-15(10)19-20)18-8-12-13(16)3-2-4-14(12)17/h2-7,9,18H,8H2,1H3. The van der Waals surface area contributed by atoms with E-state index in [1.807, 2.05) is 31.4 Å². The Kier molecular flexibility index (Phi) is 3.10. The molecule has 0 aliphatic carbocycles. The molecule has 3 nitrogen and oxygen atoms in total. The minimum atomic E-state index is -0.542. The fraction of sp³-hybridized carbons (Fsp3) is 0.133. The lowest BCUT2D eigenvalue weighted by molar-refractivity contribution is 0.560. The molecule has 0 bridgehead atoms. The van der Waals surface area contributed by atoms with E-state index in [1.165, 1.54) is 18.2 Å². The predicted molar refractivity (Wildman–Crippen MR) is 74.4 cm³/mol. The Hall–Kier alpha value is -2.43. The summed E-state index contributed by atoms with van der Waals surface area (Å²) in [6.07, 6.45) is 1.89. The third-order valence-corrected chi connectivity index (χ3v) is 3.15. The van der Waals surface area contributed by atoms with Gasteiger partial charge in [-0.1, -0.05) is 6.07 Å². The molecular weight excluding hydrogens is 260 g/mol. The van der Waals surface area contributed by atoms with Crippen molar-refractivity contribution in [1.29, 1.82) is 0 Å². The molecule has 0 aliphatic heterocycles.